The number of esters is 1. The van der Waals surface area contributed by atoms with Crippen LogP contribution < -0.4 is 0 Å². The molecule has 1 aliphatic carbocycles. The van der Waals surface area contributed by atoms with Crippen LogP contribution in [0.4, 0.5) is 0 Å². The van der Waals surface area contributed by atoms with E-state index in [9.17, 15) is 19.5 Å². The number of amides is 2. The minimum Gasteiger partial charge on any atom is -0.466 e. The number of carbonyl (C=O) groups is 3. The normalized spacial score (nSPS) is 35.3. The molecule has 1 spiro atoms. The van der Waals surface area contributed by atoms with Gasteiger partial charge < -0.3 is 19.6 Å². The molecule has 7 nitrogen and oxygen atoms in total. The largest absolute Gasteiger partial charge is 0.466 e. The number of alkyl halides is 1. The summed E-state index contributed by atoms with van der Waals surface area (Å²) in [6, 6.07) is -1.10. The van der Waals surface area contributed by atoms with Crippen LogP contribution in [-0.2, 0) is 19.1 Å². The molecule has 4 rings (SSSR count). The van der Waals surface area contributed by atoms with Crippen molar-refractivity contribution in [3.8, 4) is 0 Å². The zero-order valence-corrected chi connectivity index (χ0v) is 23.4. The van der Waals surface area contributed by atoms with E-state index in [1.807, 2.05) is 18.7 Å². The summed E-state index contributed by atoms with van der Waals surface area (Å²) < 4.78 is 4.70. The van der Waals surface area contributed by atoms with Gasteiger partial charge in [0.15, 0.2) is 0 Å². The molecule has 196 valence electrons. The number of rotatable bonds is 9. The molecule has 0 aromatic rings. The fourth-order valence-corrected chi connectivity index (χ4v) is 10.5. The summed E-state index contributed by atoms with van der Waals surface area (Å²) in [5, 5.41) is 10.2. The molecule has 0 radical (unpaired) electrons. The van der Waals surface area contributed by atoms with Crippen molar-refractivity contribution in [1.82, 2.24) is 9.80 Å². The molecular weight excluding hydrogens is 532 g/mol. The van der Waals surface area contributed by atoms with E-state index in [-0.39, 0.29) is 53.0 Å². The maximum absolute atomic E-state index is 14.5. The third-order valence-corrected chi connectivity index (χ3v) is 11.7. The number of carbonyl (C=O) groups excluding carboxylic acids is 3. The summed E-state index contributed by atoms with van der Waals surface area (Å²) in [5.41, 5.74) is 0. The molecule has 4 fully saturated rings. The van der Waals surface area contributed by atoms with Crippen LogP contribution in [0, 0.1) is 17.8 Å². The third-order valence-electron chi connectivity index (χ3n) is 8.46. The molecule has 7 atom stereocenters. The predicted molar refractivity (Wildman–Crippen MR) is 140 cm³/mol. The number of aliphatic hydroxyl groups excluding tert-OH is 1. The monoisotopic (exact) mass is 570 g/mol. The highest BCUT2D eigenvalue weighted by molar-refractivity contribution is 9.09. The van der Waals surface area contributed by atoms with Crippen molar-refractivity contribution < 1.29 is 24.2 Å². The van der Waals surface area contributed by atoms with Gasteiger partial charge in [0.2, 0.25) is 11.8 Å². The minimum absolute atomic E-state index is 0.00960. The van der Waals surface area contributed by atoms with Gasteiger partial charge in [-0.2, -0.15) is 0 Å². The highest BCUT2D eigenvalue weighted by Crippen LogP contribution is 2.68. The van der Waals surface area contributed by atoms with E-state index in [0.717, 1.165) is 25.7 Å². The van der Waals surface area contributed by atoms with Crippen LogP contribution >= 0.6 is 27.7 Å². The summed E-state index contributed by atoms with van der Waals surface area (Å²) in [7, 11) is 0. The van der Waals surface area contributed by atoms with Gasteiger partial charge in [0.25, 0.3) is 0 Å². The first kappa shape index (κ1) is 27.0. The molecule has 3 saturated heterocycles. The zero-order valence-electron chi connectivity index (χ0n) is 21.0. The van der Waals surface area contributed by atoms with Gasteiger partial charge in [-0.15, -0.1) is 18.3 Å². The smallest absolute Gasteiger partial charge is 0.310 e. The van der Waals surface area contributed by atoms with Crippen molar-refractivity contribution in [3.05, 3.63) is 12.7 Å². The van der Waals surface area contributed by atoms with Crippen molar-refractivity contribution in [3.63, 3.8) is 0 Å². The number of ether oxygens (including phenoxy) is 1. The maximum Gasteiger partial charge on any atom is 0.310 e. The molecule has 9 heteroatoms. The Bertz CT molecular complexity index is 850. The van der Waals surface area contributed by atoms with Gasteiger partial charge in [0.1, 0.15) is 6.04 Å². The quantitative estimate of drug-likeness (QED) is 0.260. The standard InChI is InChI=1S/C26H39BrN2O5S/c1-5-12-28(16-10-8-7-9-11-16)24(32)22-26-13-17(27)21(35-26)19(25(33)34-6-2)20(26)23(31)29(22)18(14-30)15(3)4/h5,15-22,30H,1,6-14H2,2-4H3/t17?,18-,19+,20-,21+,22?,26?/m0/s1. The second kappa shape index (κ2) is 10.7. The van der Waals surface area contributed by atoms with Crippen LogP contribution in [0.15, 0.2) is 12.7 Å². The minimum atomic E-state index is -0.726. The first-order chi connectivity index (χ1) is 16.7. The van der Waals surface area contributed by atoms with Gasteiger partial charge in [0.05, 0.1) is 35.8 Å². The molecule has 3 aliphatic heterocycles. The molecule has 1 N–H and O–H groups in total. The Hall–Kier alpha value is -1.06. The number of aliphatic hydroxyl groups is 1. The van der Waals surface area contributed by atoms with E-state index in [2.05, 4.69) is 22.5 Å². The van der Waals surface area contributed by atoms with Crippen molar-refractivity contribution in [2.75, 3.05) is 19.8 Å². The van der Waals surface area contributed by atoms with E-state index in [4.69, 9.17) is 4.74 Å². The third kappa shape index (κ3) is 4.37. The number of hydrogen-bond donors (Lipinski definition) is 1. The van der Waals surface area contributed by atoms with E-state index in [0.29, 0.717) is 13.0 Å². The van der Waals surface area contributed by atoms with Gasteiger partial charge in [-0.1, -0.05) is 55.1 Å². The predicted octanol–water partition coefficient (Wildman–Crippen LogP) is 3.38. The number of likely N-dealkylation sites (tertiary alicyclic amines) is 1. The molecule has 3 heterocycles. The molecular formula is C26H39BrN2O5S. The number of halogens is 1. The Balaban J connectivity index is 1.80. The Labute approximate surface area is 221 Å². The lowest BCUT2D eigenvalue weighted by atomic mass is 9.71. The molecule has 0 aromatic carbocycles. The molecule has 1 saturated carbocycles. The van der Waals surface area contributed by atoms with Gasteiger partial charge >= 0.3 is 5.97 Å². The summed E-state index contributed by atoms with van der Waals surface area (Å²) in [5.74, 6) is -1.87. The van der Waals surface area contributed by atoms with Gasteiger partial charge in [-0.05, 0) is 32.1 Å². The van der Waals surface area contributed by atoms with Gasteiger partial charge in [0, 0.05) is 22.7 Å². The lowest BCUT2D eigenvalue weighted by molar-refractivity contribution is -0.154. The van der Waals surface area contributed by atoms with Crippen molar-refractivity contribution in [2.24, 2.45) is 17.8 Å². The molecule has 4 aliphatic rings. The highest BCUT2D eigenvalue weighted by atomic mass is 79.9. The average molecular weight is 572 g/mol. The Morgan fingerprint density at radius 1 is 1.34 bits per heavy atom. The van der Waals surface area contributed by atoms with E-state index in [1.165, 1.54) is 6.42 Å². The molecule has 35 heavy (non-hydrogen) atoms. The number of fused-ring (bicyclic) bond motifs is 1. The topological polar surface area (TPSA) is 87.2 Å². The van der Waals surface area contributed by atoms with Crippen LogP contribution in [0.1, 0.15) is 59.3 Å². The second-order valence-corrected chi connectivity index (χ2v) is 13.4. The Morgan fingerprint density at radius 3 is 2.60 bits per heavy atom. The number of hydrogen-bond acceptors (Lipinski definition) is 6. The van der Waals surface area contributed by atoms with Crippen LogP contribution in [0.2, 0.25) is 0 Å². The zero-order chi connectivity index (χ0) is 25.5. The first-order valence-corrected chi connectivity index (χ1v) is 14.9. The van der Waals surface area contributed by atoms with Crippen molar-refractivity contribution >= 4 is 45.5 Å². The van der Waals surface area contributed by atoms with Gasteiger partial charge in [-0.25, -0.2) is 0 Å². The summed E-state index contributed by atoms with van der Waals surface area (Å²) >= 11 is 5.40. The van der Waals surface area contributed by atoms with E-state index >= 15 is 0 Å². The fraction of sp³-hybridized carbons (Fsp3) is 0.808. The van der Waals surface area contributed by atoms with Crippen molar-refractivity contribution in [1.29, 1.82) is 0 Å². The Kier molecular flexibility index (Phi) is 8.28. The molecule has 0 aromatic heterocycles. The average Bonchev–Trinajstić information content (AvgIpc) is 3.42. The number of thioether (sulfide) groups is 1. The summed E-state index contributed by atoms with van der Waals surface area (Å²) in [6.07, 6.45) is 7.65. The van der Waals surface area contributed by atoms with Crippen molar-refractivity contribution in [2.45, 2.75) is 92.2 Å². The lowest BCUT2D eigenvalue weighted by Crippen LogP contribution is -2.60. The van der Waals surface area contributed by atoms with Crippen LogP contribution in [0.5, 0.6) is 0 Å². The first-order valence-electron chi connectivity index (χ1n) is 13.1. The SMILES string of the molecule is C=CCN(C(=O)C1N([C@@H](CO)C(C)C)C(=O)[C@@H]2[C@@H](C(=O)OCC)[C@@H]3SC12CC3Br)C1CCCCC1. The Morgan fingerprint density at radius 2 is 2.03 bits per heavy atom. The molecule has 2 amide bonds. The fourth-order valence-electron chi connectivity index (χ4n) is 6.94. The van der Waals surface area contributed by atoms with Crippen LogP contribution in [-0.4, -0.2) is 85.4 Å². The van der Waals surface area contributed by atoms with E-state index in [1.54, 1.807) is 29.7 Å². The van der Waals surface area contributed by atoms with Crippen LogP contribution in [0.25, 0.3) is 0 Å². The second-order valence-electron chi connectivity index (χ2n) is 10.7. The molecule has 2 bridgehead atoms. The van der Waals surface area contributed by atoms with Crippen LogP contribution in [0.3, 0.4) is 0 Å². The summed E-state index contributed by atoms with van der Waals surface area (Å²) in [4.78, 5) is 45.4. The van der Waals surface area contributed by atoms with Gasteiger partial charge in [-0.3, -0.25) is 14.4 Å². The molecule has 3 unspecified atom stereocenters. The summed E-state index contributed by atoms with van der Waals surface area (Å²) in [6.45, 7) is 10.1. The van der Waals surface area contributed by atoms with E-state index < -0.39 is 28.7 Å². The maximum atomic E-state index is 14.5. The number of nitrogens with zero attached hydrogens (tertiary/aromatic N) is 2. The lowest BCUT2D eigenvalue weighted by Gasteiger charge is -2.43. The highest BCUT2D eigenvalue weighted by Gasteiger charge is 2.76.